The Balaban J connectivity index is 3.04. The quantitative estimate of drug-likeness (QED) is 0.555. The molecule has 1 aromatic rings. The van der Waals surface area contributed by atoms with Gasteiger partial charge in [-0.3, -0.25) is 10.1 Å². The van der Waals surface area contributed by atoms with Crippen molar-refractivity contribution in [1.29, 1.82) is 0 Å². The van der Waals surface area contributed by atoms with E-state index in [0.717, 1.165) is 5.56 Å². The Labute approximate surface area is 89.0 Å². The fraction of sp³-hybridized carbons (Fsp3) is 0.455. The van der Waals surface area contributed by atoms with E-state index in [-0.39, 0.29) is 11.3 Å². The highest BCUT2D eigenvalue weighted by molar-refractivity contribution is 5.42. The number of rotatable bonds is 2. The van der Waals surface area contributed by atoms with Gasteiger partial charge in [0.25, 0.3) is 5.69 Å². The largest absolute Gasteiger partial charge is 0.488 e. The van der Waals surface area contributed by atoms with Gasteiger partial charge in [0.1, 0.15) is 11.4 Å². The number of hydrogen-bond acceptors (Lipinski definition) is 3. The lowest BCUT2D eigenvalue weighted by molar-refractivity contribution is -0.385. The minimum absolute atomic E-state index is 0.0641. The van der Waals surface area contributed by atoms with Crippen LogP contribution in [0.5, 0.6) is 5.75 Å². The summed E-state index contributed by atoms with van der Waals surface area (Å²) in [5.41, 5.74) is 0.541. The zero-order valence-electron chi connectivity index (χ0n) is 9.40. The van der Waals surface area contributed by atoms with Crippen molar-refractivity contribution in [1.82, 2.24) is 0 Å². The Hall–Kier alpha value is -1.58. The Bertz CT molecular complexity index is 380. The van der Waals surface area contributed by atoms with Crippen LogP contribution in [0.1, 0.15) is 26.3 Å². The lowest BCUT2D eigenvalue weighted by Gasteiger charge is -2.21. The van der Waals surface area contributed by atoms with Gasteiger partial charge in [-0.05, 0) is 39.3 Å². The first-order chi connectivity index (χ1) is 6.78. The van der Waals surface area contributed by atoms with Gasteiger partial charge in [-0.1, -0.05) is 0 Å². The molecule has 0 spiro atoms. The molecular formula is C11H15NO3. The van der Waals surface area contributed by atoms with Gasteiger partial charge in [0.2, 0.25) is 0 Å². The maximum Gasteiger partial charge on any atom is 0.273 e. The molecule has 0 saturated heterocycles. The zero-order valence-corrected chi connectivity index (χ0v) is 9.40. The average Bonchev–Trinajstić information content (AvgIpc) is 1.99. The minimum Gasteiger partial charge on any atom is -0.488 e. The van der Waals surface area contributed by atoms with Crippen LogP contribution in [0, 0.1) is 17.0 Å². The summed E-state index contributed by atoms with van der Waals surface area (Å²) in [6.45, 7) is 7.52. The van der Waals surface area contributed by atoms with Crippen LogP contribution in [0.3, 0.4) is 0 Å². The Morgan fingerprint density at radius 2 is 1.87 bits per heavy atom. The van der Waals surface area contributed by atoms with Gasteiger partial charge < -0.3 is 4.74 Å². The van der Waals surface area contributed by atoms with Gasteiger partial charge in [-0.2, -0.15) is 0 Å². The maximum absolute atomic E-state index is 10.6. The molecule has 0 heterocycles. The monoisotopic (exact) mass is 209 g/mol. The SMILES string of the molecule is Cc1cc(OC(C)(C)C)cc([N+](=O)[O-])c1. The molecule has 82 valence electrons. The highest BCUT2D eigenvalue weighted by Gasteiger charge is 2.15. The summed E-state index contributed by atoms with van der Waals surface area (Å²) in [5, 5.41) is 10.6. The fourth-order valence-electron chi connectivity index (χ4n) is 1.25. The number of nitro groups is 1. The Morgan fingerprint density at radius 1 is 1.27 bits per heavy atom. The maximum atomic E-state index is 10.6. The number of aryl methyl sites for hydroxylation is 1. The highest BCUT2D eigenvalue weighted by atomic mass is 16.6. The molecule has 0 aliphatic rings. The van der Waals surface area contributed by atoms with E-state index in [1.54, 1.807) is 6.07 Å². The predicted octanol–water partition coefficient (Wildman–Crippen LogP) is 3.08. The molecule has 0 bridgehead atoms. The minimum atomic E-state index is -0.414. The van der Waals surface area contributed by atoms with Gasteiger partial charge in [0.05, 0.1) is 11.0 Å². The van der Waals surface area contributed by atoms with Crippen molar-refractivity contribution in [3.05, 3.63) is 33.9 Å². The van der Waals surface area contributed by atoms with E-state index in [4.69, 9.17) is 4.74 Å². The van der Waals surface area contributed by atoms with Crippen molar-refractivity contribution in [2.75, 3.05) is 0 Å². The van der Waals surface area contributed by atoms with Crippen LogP contribution in [-0.2, 0) is 0 Å². The molecule has 4 nitrogen and oxygen atoms in total. The molecule has 4 heteroatoms. The van der Waals surface area contributed by atoms with E-state index in [9.17, 15) is 10.1 Å². The summed E-state index contributed by atoms with van der Waals surface area (Å²) in [7, 11) is 0. The van der Waals surface area contributed by atoms with E-state index in [1.165, 1.54) is 12.1 Å². The molecule has 0 atom stereocenters. The lowest BCUT2D eigenvalue weighted by atomic mass is 10.1. The van der Waals surface area contributed by atoms with Crippen LogP contribution in [0.25, 0.3) is 0 Å². The molecule has 0 amide bonds. The summed E-state index contributed by atoms with van der Waals surface area (Å²) in [4.78, 5) is 10.2. The number of non-ortho nitro benzene ring substituents is 1. The van der Waals surface area contributed by atoms with Gasteiger partial charge >= 0.3 is 0 Å². The highest BCUT2D eigenvalue weighted by Crippen LogP contribution is 2.25. The van der Waals surface area contributed by atoms with Crippen LogP contribution in [0.15, 0.2) is 18.2 Å². The molecule has 0 fully saturated rings. The van der Waals surface area contributed by atoms with Crippen LogP contribution in [0.4, 0.5) is 5.69 Å². The topological polar surface area (TPSA) is 52.4 Å². The summed E-state index contributed by atoms with van der Waals surface area (Å²) in [6.07, 6.45) is 0. The molecule has 0 aliphatic heterocycles. The number of ether oxygens (including phenoxy) is 1. The van der Waals surface area contributed by atoms with E-state index in [0.29, 0.717) is 5.75 Å². The van der Waals surface area contributed by atoms with Gasteiger partial charge in [-0.15, -0.1) is 0 Å². The van der Waals surface area contributed by atoms with Crippen molar-refractivity contribution in [2.24, 2.45) is 0 Å². The lowest BCUT2D eigenvalue weighted by Crippen LogP contribution is -2.23. The molecule has 0 N–H and O–H groups in total. The first-order valence-electron chi connectivity index (χ1n) is 4.73. The second-order valence-electron chi connectivity index (χ2n) is 4.48. The van der Waals surface area contributed by atoms with Crippen LogP contribution in [0.2, 0.25) is 0 Å². The average molecular weight is 209 g/mol. The second-order valence-corrected chi connectivity index (χ2v) is 4.48. The van der Waals surface area contributed by atoms with E-state index < -0.39 is 4.92 Å². The van der Waals surface area contributed by atoms with Gasteiger partial charge in [0, 0.05) is 6.07 Å². The van der Waals surface area contributed by atoms with Crippen LogP contribution in [-0.4, -0.2) is 10.5 Å². The van der Waals surface area contributed by atoms with Crippen molar-refractivity contribution < 1.29 is 9.66 Å². The standard InChI is InChI=1S/C11H15NO3/c1-8-5-9(12(13)14)7-10(6-8)15-11(2,3)4/h5-7H,1-4H3. The summed E-state index contributed by atoms with van der Waals surface area (Å²) in [6, 6.07) is 4.76. The number of nitrogens with zero attached hydrogens (tertiary/aromatic N) is 1. The summed E-state index contributed by atoms with van der Waals surface area (Å²) < 4.78 is 5.57. The Kier molecular flexibility index (Phi) is 2.98. The van der Waals surface area contributed by atoms with Crippen molar-refractivity contribution >= 4 is 5.69 Å². The zero-order chi connectivity index (χ0) is 11.6. The van der Waals surface area contributed by atoms with E-state index in [2.05, 4.69) is 0 Å². The van der Waals surface area contributed by atoms with E-state index >= 15 is 0 Å². The number of benzene rings is 1. The predicted molar refractivity (Wildman–Crippen MR) is 58.2 cm³/mol. The number of hydrogen-bond donors (Lipinski definition) is 0. The molecule has 1 aromatic carbocycles. The summed E-state index contributed by atoms with van der Waals surface area (Å²) in [5.74, 6) is 0.536. The molecule has 0 saturated carbocycles. The molecule has 0 aliphatic carbocycles. The van der Waals surface area contributed by atoms with E-state index in [1.807, 2.05) is 27.7 Å². The molecular weight excluding hydrogens is 194 g/mol. The Morgan fingerprint density at radius 3 is 2.33 bits per heavy atom. The molecule has 15 heavy (non-hydrogen) atoms. The third-order valence-electron chi connectivity index (χ3n) is 1.67. The van der Waals surface area contributed by atoms with Gasteiger partial charge in [0.15, 0.2) is 0 Å². The normalized spacial score (nSPS) is 11.2. The van der Waals surface area contributed by atoms with Crippen molar-refractivity contribution in [2.45, 2.75) is 33.3 Å². The van der Waals surface area contributed by atoms with Crippen LogP contribution >= 0.6 is 0 Å². The number of nitro benzene ring substituents is 1. The summed E-state index contributed by atoms with van der Waals surface area (Å²) >= 11 is 0. The molecule has 0 unspecified atom stereocenters. The first kappa shape index (κ1) is 11.5. The van der Waals surface area contributed by atoms with Crippen LogP contribution < -0.4 is 4.74 Å². The second kappa shape index (κ2) is 3.88. The van der Waals surface area contributed by atoms with Crippen molar-refractivity contribution in [3.8, 4) is 5.75 Å². The van der Waals surface area contributed by atoms with Gasteiger partial charge in [-0.25, -0.2) is 0 Å². The fourth-order valence-corrected chi connectivity index (χ4v) is 1.25. The third-order valence-corrected chi connectivity index (χ3v) is 1.67. The first-order valence-corrected chi connectivity index (χ1v) is 4.73. The van der Waals surface area contributed by atoms with Crippen molar-refractivity contribution in [3.63, 3.8) is 0 Å². The molecule has 0 aromatic heterocycles. The third kappa shape index (κ3) is 3.58. The smallest absolute Gasteiger partial charge is 0.273 e. The molecule has 1 rings (SSSR count). The molecule has 0 radical (unpaired) electrons.